The molecule has 2 amide bonds. The molecule has 2 N–H and O–H groups in total. The molecule has 0 atom stereocenters. The Morgan fingerprint density at radius 1 is 1.04 bits per heavy atom. The van der Waals surface area contributed by atoms with E-state index in [1.807, 2.05) is 25.1 Å². The summed E-state index contributed by atoms with van der Waals surface area (Å²) in [5, 5.41) is 5.72. The Morgan fingerprint density at radius 3 is 2.40 bits per heavy atom. The normalized spacial score (nSPS) is 10.4. The van der Waals surface area contributed by atoms with Gasteiger partial charge in [0.1, 0.15) is 0 Å². The van der Waals surface area contributed by atoms with Crippen molar-refractivity contribution < 1.29 is 14.3 Å². The quantitative estimate of drug-likeness (QED) is 0.761. The molecule has 0 aliphatic heterocycles. The summed E-state index contributed by atoms with van der Waals surface area (Å²) in [4.78, 5) is 24.7. The summed E-state index contributed by atoms with van der Waals surface area (Å²) in [5.41, 5.74) is 3.84. The number of amides is 2. The van der Waals surface area contributed by atoms with Gasteiger partial charge in [0.15, 0.2) is 0 Å². The van der Waals surface area contributed by atoms with Gasteiger partial charge in [0.2, 0.25) is 0 Å². The molecule has 0 radical (unpaired) electrons. The lowest BCUT2D eigenvalue weighted by molar-refractivity contribution is 0.0937. The Labute approximate surface area is 148 Å². The first-order valence-corrected chi connectivity index (χ1v) is 8.33. The molecule has 2 rings (SSSR count). The van der Waals surface area contributed by atoms with Gasteiger partial charge in [-0.05, 0) is 42.7 Å². The van der Waals surface area contributed by atoms with Crippen LogP contribution in [-0.4, -0.2) is 32.1 Å². The fourth-order valence-electron chi connectivity index (χ4n) is 2.56. The van der Waals surface area contributed by atoms with Gasteiger partial charge in [-0.1, -0.05) is 31.2 Å². The molecule has 2 aromatic carbocycles. The minimum absolute atomic E-state index is 0.225. The highest BCUT2D eigenvalue weighted by molar-refractivity contribution is 6.06. The number of anilines is 1. The van der Waals surface area contributed by atoms with Crippen LogP contribution in [0.2, 0.25) is 0 Å². The van der Waals surface area contributed by atoms with Crippen LogP contribution in [0.4, 0.5) is 5.69 Å². The molecule has 2 aromatic rings. The van der Waals surface area contributed by atoms with Gasteiger partial charge in [0, 0.05) is 30.5 Å². The lowest BCUT2D eigenvalue weighted by atomic mass is 10.0. The third-order valence-corrected chi connectivity index (χ3v) is 3.96. The molecule has 5 heteroatoms. The highest BCUT2D eigenvalue weighted by Gasteiger charge is 2.13. The lowest BCUT2D eigenvalue weighted by Crippen LogP contribution is -2.27. The maximum absolute atomic E-state index is 12.6. The van der Waals surface area contributed by atoms with Gasteiger partial charge in [0.25, 0.3) is 11.8 Å². The van der Waals surface area contributed by atoms with E-state index < -0.39 is 0 Å². The maximum atomic E-state index is 12.6. The van der Waals surface area contributed by atoms with Gasteiger partial charge in [0.05, 0.1) is 6.61 Å². The average molecular weight is 340 g/mol. The Bertz CT molecular complexity index is 756. The number of para-hydroxylation sites is 1. The number of carbonyl (C=O) groups is 2. The minimum atomic E-state index is -0.226. The predicted molar refractivity (Wildman–Crippen MR) is 99.2 cm³/mol. The van der Waals surface area contributed by atoms with Gasteiger partial charge in [-0.2, -0.15) is 0 Å². The number of benzene rings is 2. The molecule has 25 heavy (non-hydrogen) atoms. The van der Waals surface area contributed by atoms with E-state index >= 15 is 0 Å². The molecular formula is C20H24N2O3. The zero-order valence-electron chi connectivity index (χ0n) is 14.9. The van der Waals surface area contributed by atoms with Crippen LogP contribution in [0.1, 0.15) is 38.8 Å². The second-order valence-electron chi connectivity index (χ2n) is 5.75. The number of hydrogen-bond acceptors (Lipinski definition) is 3. The number of aryl methyl sites for hydroxylation is 2. The Balaban J connectivity index is 2.15. The predicted octanol–water partition coefficient (Wildman–Crippen LogP) is 3.19. The van der Waals surface area contributed by atoms with Crippen molar-refractivity contribution in [3.05, 3.63) is 64.7 Å². The Morgan fingerprint density at radius 2 is 1.72 bits per heavy atom. The van der Waals surface area contributed by atoms with Crippen molar-refractivity contribution >= 4 is 17.5 Å². The van der Waals surface area contributed by atoms with E-state index in [9.17, 15) is 9.59 Å². The summed E-state index contributed by atoms with van der Waals surface area (Å²) in [6, 6.07) is 12.6. The van der Waals surface area contributed by atoms with E-state index in [1.165, 1.54) is 0 Å². The zero-order chi connectivity index (χ0) is 18.2. The molecule has 0 heterocycles. The zero-order valence-corrected chi connectivity index (χ0v) is 14.9. The fourth-order valence-corrected chi connectivity index (χ4v) is 2.56. The topological polar surface area (TPSA) is 67.4 Å². The molecule has 0 bridgehead atoms. The van der Waals surface area contributed by atoms with Crippen molar-refractivity contribution in [2.75, 3.05) is 25.6 Å². The molecule has 0 unspecified atom stereocenters. The molecule has 0 saturated heterocycles. The summed E-state index contributed by atoms with van der Waals surface area (Å²) < 4.78 is 4.91. The van der Waals surface area contributed by atoms with Gasteiger partial charge >= 0.3 is 0 Å². The SMILES string of the molecule is CCc1cccc(C)c1NC(=O)c1cccc(C(=O)NCCOC)c1. The van der Waals surface area contributed by atoms with Crippen LogP contribution in [0, 0.1) is 6.92 Å². The number of carbonyl (C=O) groups excluding carboxylic acids is 2. The van der Waals surface area contributed by atoms with E-state index in [-0.39, 0.29) is 11.8 Å². The standard InChI is InChI=1S/C20H24N2O3/c1-4-15-8-5-7-14(2)18(15)22-20(24)17-10-6-9-16(13-17)19(23)21-11-12-25-3/h5-10,13H,4,11-12H2,1-3H3,(H,21,23)(H,22,24). The van der Waals surface area contributed by atoms with Crippen molar-refractivity contribution in [1.29, 1.82) is 0 Å². The Hall–Kier alpha value is -2.66. The van der Waals surface area contributed by atoms with E-state index in [4.69, 9.17) is 4.74 Å². The molecule has 0 spiro atoms. The summed E-state index contributed by atoms with van der Waals surface area (Å²) in [5.74, 6) is -0.451. The third-order valence-electron chi connectivity index (χ3n) is 3.96. The fraction of sp³-hybridized carbons (Fsp3) is 0.300. The number of ether oxygens (including phenoxy) is 1. The second-order valence-corrected chi connectivity index (χ2v) is 5.75. The third kappa shape index (κ3) is 4.90. The molecule has 0 saturated carbocycles. The van der Waals surface area contributed by atoms with Crippen LogP contribution >= 0.6 is 0 Å². The molecule has 0 aliphatic carbocycles. The first-order chi connectivity index (χ1) is 12.1. The van der Waals surface area contributed by atoms with E-state index in [2.05, 4.69) is 17.6 Å². The minimum Gasteiger partial charge on any atom is -0.383 e. The van der Waals surface area contributed by atoms with Crippen LogP contribution in [0.25, 0.3) is 0 Å². The number of rotatable bonds is 7. The summed E-state index contributed by atoms with van der Waals surface area (Å²) >= 11 is 0. The molecule has 0 aliphatic rings. The van der Waals surface area contributed by atoms with Gasteiger partial charge in [-0.15, -0.1) is 0 Å². The van der Waals surface area contributed by atoms with Crippen LogP contribution in [0.5, 0.6) is 0 Å². The molecule has 5 nitrogen and oxygen atoms in total. The van der Waals surface area contributed by atoms with Crippen molar-refractivity contribution in [3.63, 3.8) is 0 Å². The number of hydrogen-bond donors (Lipinski definition) is 2. The van der Waals surface area contributed by atoms with E-state index in [0.717, 1.165) is 23.2 Å². The van der Waals surface area contributed by atoms with Crippen molar-refractivity contribution in [3.8, 4) is 0 Å². The molecule has 0 aromatic heterocycles. The first kappa shape index (κ1) is 18.7. The highest BCUT2D eigenvalue weighted by atomic mass is 16.5. The van der Waals surface area contributed by atoms with Crippen molar-refractivity contribution in [2.45, 2.75) is 20.3 Å². The van der Waals surface area contributed by atoms with Crippen LogP contribution in [-0.2, 0) is 11.2 Å². The van der Waals surface area contributed by atoms with Gasteiger partial charge < -0.3 is 15.4 Å². The van der Waals surface area contributed by atoms with Crippen molar-refractivity contribution in [2.24, 2.45) is 0 Å². The Kier molecular flexibility index (Phi) is 6.71. The van der Waals surface area contributed by atoms with Crippen LogP contribution in [0.3, 0.4) is 0 Å². The monoisotopic (exact) mass is 340 g/mol. The molecule has 0 fully saturated rings. The summed E-state index contributed by atoms with van der Waals surface area (Å²) in [6.07, 6.45) is 0.833. The van der Waals surface area contributed by atoms with Crippen LogP contribution < -0.4 is 10.6 Å². The van der Waals surface area contributed by atoms with Crippen LogP contribution in [0.15, 0.2) is 42.5 Å². The number of nitrogens with one attached hydrogen (secondary N) is 2. The second kappa shape index (κ2) is 8.99. The van der Waals surface area contributed by atoms with E-state index in [1.54, 1.807) is 31.4 Å². The first-order valence-electron chi connectivity index (χ1n) is 8.33. The van der Waals surface area contributed by atoms with Crippen molar-refractivity contribution in [1.82, 2.24) is 5.32 Å². The summed E-state index contributed by atoms with van der Waals surface area (Å²) in [7, 11) is 1.58. The average Bonchev–Trinajstić information content (AvgIpc) is 2.63. The largest absolute Gasteiger partial charge is 0.383 e. The van der Waals surface area contributed by atoms with Gasteiger partial charge in [-0.3, -0.25) is 9.59 Å². The molecular weight excluding hydrogens is 316 g/mol. The smallest absolute Gasteiger partial charge is 0.255 e. The number of methoxy groups -OCH3 is 1. The lowest BCUT2D eigenvalue weighted by Gasteiger charge is -2.13. The van der Waals surface area contributed by atoms with Gasteiger partial charge in [-0.25, -0.2) is 0 Å². The molecule has 132 valence electrons. The highest BCUT2D eigenvalue weighted by Crippen LogP contribution is 2.22. The maximum Gasteiger partial charge on any atom is 0.255 e. The summed E-state index contributed by atoms with van der Waals surface area (Å²) in [6.45, 7) is 4.89. The van der Waals surface area contributed by atoms with E-state index in [0.29, 0.717) is 24.3 Å².